The molecule has 1 aromatic carbocycles. The quantitative estimate of drug-likeness (QED) is 0.615. The van der Waals surface area contributed by atoms with Crippen molar-refractivity contribution in [3.8, 4) is 0 Å². The molecule has 2 rings (SSSR count). The normalized spacial score (nSPS) is 21.8. The lowest BCUT2D eigenvalue weighted by Crippen LogP contribution is -2.60. The van der Waals surface area contributed by atoms with Crippen molar-refractivity contribution in [2.45, 2.75) is 52.7 Å². The number of guanidine groups is 1. The lowest BCUT2D eigenvalue weighted by atomic mass is 9.68. The van der Waals surface area contributed by atoms with Crippen molar-refractivity contribution >= 4 is 23.6 Å². The fraction of sp³-hybridized carbons (Fsp3) is 0.526. The largest absolute Gasteiger partial charge is 0.444 e. The Morgan fingerprint density at radius 3 is 2.43 bits per heavy atom. The first-order valence-electron chi connectivity index (χ1n) is 8.82. The second-order valence-corrected chi connectivity index (χ2v) is 8.43. The van der Waals surface area contributed by atoms with Gasteiger partial charge in [0.2, 0.25) is 11.9 Å². The molecule has 0 spiro atoms. The minimum Gasteiger partial charge on any atom is -0.444 e. The summed E-state index contributed by atoms with van der Waals surface area (Å²) in [5.74, 6) is -0.268. The minimum atomic E-state index is -1.15. The van der Waals surface area contributed by atoms with Crippen LogP contribution in [0.25, 0.3) is 0 Å². The molecular formula is C19H26N4O5. The number of nitrogens with one attached hydrogen (secondary N) is 1. The third-order valence-electron chi connectivity index (χ3n) is 4.94. The van der Waals surface area contributed by atoms with Crippen molar-refractivity contribution in [3.05, 3.63) is 39.9 Å². The third kappa shape index (κ3) is 3.83. The first kappa shape index (κ1) is 21.3. The standard InChI is InChI=1S/C19H26N4O5/c1-17(2,3)28-16(25)20-15-21-19(6,18(4,5)14(24)22(15)7)12-9-8-10-13(11-12)23(26)27/h8-11H,1-7H3,(H,20,21,25). The van der Waals surface area contributed by atoms with Crippen LogP contribution in [0.3, 0.4) is 0 Å². The Balaban J connectivity index is 2.55. The summed E-state index contributed by atoms with van der Waals surface area (Å²) in [5, 5.41) is 13.7. The molecule has 2 amide bonds. The third-order valence-corrected chi connectivity index (χ3v) is 4.94. The highest BCUT2D eigenvalue weighted by molar-refractivity contribution is 6.06. The van der Waals surface area contributed by atoms with Crippen LogP contribution in [0.2, 0.25) is 0 Å². The number of nitro groups is 1. The van der Waals surface area contributed by atoms with E-state index in [1.54, 1.807) is 53.7 Å². The Hall–Kier alpha value is -2.97. The van der Waals surface area contributed by atoms with Gasteiger partial charge in [-0.15, -0.1) is 0 Å². The van der Waals surface area contributed by atoms with Gasteiger partial charge in [0, 0.05) is 19.2 Å². The number of hydrogen-bond acceptors (Lipinski definition) is 6. The number of nitro benzene ring substituents is 1. The SMILES string of the molecule is CN1C(=O)C(C)(C)C(C)(c2cccc([N+](=O)[O-])c2)N=C1NC(=O)OC(C)(C)C. The molecule has 152 valence electrons. The summed E-state index contributed by atoms with van der Waals surface area (Å²) in [6.45, 7) is 10.3. The van der Waals surface area contributed by atoms with Gasteiger partial charge in [-0.1, -0.05) is 12.1 Å². The highest BCUT2D eigenvalue weighted by atomic mass is 16.6. The zero-order valence-corrected chi connectivity index (χ0v) is 17.2. The Morgan fingerprint density at radius 2 is 1.89 bits per heavy atom. The van der Waals surface area contributed by atoms with Crippen molar-refractivity contribution in [2.24, 2.45) is 10.4 Å². The number of rotatable bonds is 2. The number of non-ortho nitro benzene ring substituents is 1. The predicted octanol–water partition coefficient (Wildman–Crippen LogP) is 3.19. The molecule has 28 heavy (non-hydrogen) atoms. The van der Waals surface area contributed by atoms with Gasteiger partial charge < -0.3 is 4.74 Å². The van der Waals surface area contributed by atoms with E-state index in [0.29, 0.717) is 5.56 Å². The van der Waals surface area contributed by atoms with Gasteiger partial charge >= 0.3 is 6.09 Å². The molecule has 1 atom stereocenters. The number of nitrogens with zero attached hydrogens (tertiary/aromatic N) is 3. The Morgan fingerprint density at radius 1 is 1.29 bits per heavy atom. The molecule has 0 bridgehead atoms. The summed E-state index contributed by atoms with van der Waals surface area (Å²) < 4.78 is 5.24. The lowest BCUT2D eigenvalue weighted by molar-refractivity contribution is -0.385. The van der Waals surface area contributed by atoms with Gasteiger partial charge in [-0.3, -0.25) is 25.1 Å². The fourth-order valence-electron chi connectivity index (χ4n) is 3.00. The number of carbonyl (C=O) groups is 2. The van der Waals surface area contributed by atoms with E-state index in [0.717, 1.165) is 0 Å². The van der Waals surface area contributed by atoms with E-state index in [9.17, 15) is 19.7 Å². The monoisotopic (exact) mass is 390 g/mol. The van der Waals surface area contributed by atoms with Crippen LogP contribution in [-0.2, 0) is 15.1 Å². The summed E-state index contributed by atoms with van der Waals surface area (Å²) in [7, 11) is 1.51. The average molecular weight is 390 g/mol. The number of amides is 2. The van der Waals surface area contributed by atoms with Gasteiger partial charge in [0.1, 0.15) is 11.1 Å². The van der Waals surface area contributed by atoms with Gasteiger partial charge in [-0.05, 0) is 47.1 Å². The Bertz CT molecular complexity index is 856. The zero-order chi connectivity index (χ0) is 21.5. The van der Waals surface area contributed by atoms with E-state index in [1.165, 1.54) is 24.1 Å². The molecule has 1 unspecified atom stereocenters. The Labute approximate surface area is 163 Å². The molecule has 9 nitrogen and oxygen atoms in total. The maximum atomic E-state index is 13.1. The first-order chi connectivity index (χ1) is 12.7. The molecule has 1 aliphatic heterocycles. The molecule has 1 heterocycles. The predicted molar refractivity (Wildman–Crippen MR) is 104 cm³/mol. The maximum absolute atomic E-state index is 13.1. The van der Waals surface area contributed by atoms with Crippen LogP contribution in [0, 0.1) is 15.5 Å². The van der Waals surface area contributed by atoms with Gasteiger partial charge in [-0.25, -0.2) is 9.79 Å². The van der Waals surface area contributed by atoms with Crippen LogP contribution in [0.4, 0.5) is 10.5 Å². The van der Waals surface area contributed by atoms with Crippen LogP contribution in [0.1, 0.15) is 47.1 Å². The lowest BCUT2D eigenvalue weighted by Gasteiger charge is -2.46. The highest BCUT2D eigenvalue weighted by Crippen LogP contribution is 2.47. The smallest absolute Gasteiger partial charge is 0.414 e. The van der Waals surface area contributed by atoms with Crippen molar-refractivity contribution < 1.29 is 19.2 Å². The number of alkyl carbamates (subject to hydrolysis) is 1. The molecule has 0 radical (unpaired) electrons. The van der Waals surface area contributed by atoms with Crippen molar-refractivity contribution in [1.29, 1.82) is 0 Å². The second kappa shape index (κ2) is 6.88. The molecule has 1 aliphatic rings. The van der Waals surface area contributed by atoms with E-state index in [1.807, 2.05) is 0 Å². The molecule has 0 aromatic heterocycles. The summed E-state index contributed by atoms with van der Waals surface area (Å²) in [6.07, 6.45) is -0.744. The molecule has 0 fully saturated rings. The van der Waals surface area contributed by atoms with E-state index in [4.69, 9.17) is 4.74 Å². The molecule has 1 aromatic rings. The fourth-order valence-corrected chi connectivity index (χ4v) is 3.00. The number of benzene rings is 1. The summed E-state index contributed by atoms with van der Waals surface area (Å²) >= 11 is 0. The summed E-state index contributed by atoms with van der Waals surface area (Å²) in [4.78, 5) is 41.8. The number of carbonyl (C=O) groups excluding carboxylic acids is 2. The number of hydrogen-bond donors (Lipinski definition) is 1. The highest BCUT2D eigenvalue weighted by Gasteiger charge is 2.53. The second-order valence-electron chi connectivity index (χ2n) is 8.43. The van der Waals surface area contributed by atoms with E-state index < -0.39 is 27.6 Å². The van der Waals surface area contributed by atoms with Gasteiger partial charge in [-0.2, -0.15) is 0 Å². The average Bonchev–Trinajstić information content (AvgIpc) is 2.56. The molecule has 9 heteroatoms. The van der Waals surface area contributed by atoms with Gasteiger partial charge in [0.15, 0.2) is 0 Å². The first-order valence-corrected chi connectivity index (χ1v) is 8.82. The van der Waals surface area contributed by atoms with Crippen LogP contribution in [0.5, 0.6) is 0 Å². The van der Waals surface area contributed by atoms with Crippen LogP contribution in [0.15, 0.2) is 29.3 Å². The van der Waals surface area contributed by atoms with E-state index in [2.05, 4.69) is 10.3 Å². The number of ether oxygens (including phenoxy) is 1. The molecule has 1 N–H and O–H groups in total. The van der Waals surface area contributed by atoms with Crippen LogP contribution in [-0.4, -0.2) is 40.4 Å². The molecule has 0 saturated heterocycles. The van der Waals surface area contributed by atoms with Gasteiger partial charge in [0.05, 0.1) is 10.3 Å². The minimum absolute atomic E-state index is 0.0209. The van der Waals surface area contributed by atoms with Gasteiger partial charge in [0.25, 0.3) is 5.69 Å². The topological polar surface area (TPSA) is 114 Å². The number of aliphatic imine (C=N–C) groups is 1. The van der Waals surface area contributed by atoms with Crippen LogP contribution < -0.4 is 5.32 Å². The van der Waals surface area contributed by atoms with E-state index >= 15 is 0 Å². The zero-order valence-electron chi connectivity index (χ0n) is 17.2. The van der Waals surface area contributed by atoms with Crippen molar-refractivity contribution in [3.63, 3.8) is 0 Å². The van der Waals surface area contributed by atoms with Crippen LogP contribution >= 0.6 is 0 Å². The Kier molecular flexibility index (Phi) is 5.24. The summed E-state index contributed by atoms with van der Waals surface area (Å²) in [6, 6.07) is 6.01. The molecular weight excluding hydrogens is 364 g/mol. The van der Waals surface area contributed by atoms with Crippen molar-refractivity contribution in [2.75, 3.05) is 7.05 Å². The maximum Gasteiger partial charge on any atom is 0.414 e. The van der Waals surface area contributed by atoms with E-state index in [-0.39, 0.29) is 17.6 Å². The van der Waals surface area contributed by atoms with Crippen molar-refractivity contribution in [1.82, 2.24) is 10.2 Å². The molecule has 0 aliphatic carbocycles. The summed E-state index contributed by atoms with van der Waals surface area (Å²) in [5.41, 5.74) is -2.48. The molecule has 0 saturated carbocycles.